The molecule has 6 nitrogen and oxygen atoms in total. The molecule has 0 bridgehead atoms. The van der Waals surface area contributed by atoms with Crippen molar-refractivity contribution in [2.24, 2.45) is 0 Å². The Kier molecular flexibility index (Phi) is 15.5. The fourth-order valence-electron chi connectivity index (χ4n) is 3.79. The largest absolute Gasteiger partial charge is 0.499 e. The molecule has 1 aliphatic rings. The quantitative estimate of drug-likeness (QED) is 0.180. The first-order valence-electron chi connectivity index (χ1n) is 12.2. The van der Waals surface area contributed by atoms with Gasteiger partial charge in [-0.05, 0) is 6.42 Å². The van der Waals surface area contributed by atoms with E-state index in [1.165, 1.54) is 83.5 Å². The van der Waals surface area contributed by atoms with E-state index in [0.717, 1.165) is 19.3 Å². The highest BCUT2D eigenvalue weighted by atomic mass is 16.6. The first-order chi connectivity index (χ1) is 14.6. The van der Waals surface area contributed by atoms with E-state index in [2.05, 4.69) is 6.92 Å². The Morgan fingerprint density at radius 2 is 1.27 bits per heavy atom. The molecule has 30 heavy (non-hydrogen) atoms. The predicted octanol–water partition coefficient (Wildman–Crippen LogP) is 5.31. The van der Waals surface area contributed by atoms with Crippen LogP contribution in [0.25, 0.3) is 0 Å². The molecule has 2 atom stereocenters. The summed E-state index contributed by atoms with van der Waals surface area (Å²) in [7, 11) is 0. The molecule has 0 amide bonds. The second-order valence-corrected chi connectivity index (χ2v) is 8.44. The Morgan fingerprint density at radius 3 is 1.70 bits per heavy atom. The van der Waals surface area contributed by atoms with E-state index >= 15 is 0 Å². The molecule has 0 unspecified atom stereocenters. The third kappa shape index (κ3) is 11.2. The second-order valence-electron chi connectivity index (χ2n) is 8.44. The van der Waals surface area contributed by atoms with Crippen molar-refractivity contribution in [3.05, 3.63) is 11.5 Å². The zero-order valence-electron chi connectivity index (χ0n) is 18.9. The van der Waals surface area contributed by atoms with Crippen molar-refractivity contribution in [2.75, 3.05) is 13.2 Å². The first kappa shape index (κ1) is 26.8. The van der Waals surface area contributed by atoms with Crippen molar-refractivity contribution in [3.8, 4) is 0 Å². The molecular formula is C24H44O6. The van der Waals surface area contributed by atoms with Gasteiger partial charge in [0.15, 0.2) is 11.9 Å². The number of cyclic esters (lactones) is 1. The van der Waals surface area contributed by atoms with Crippen LogP contribution < -0.4 is 0 Å². The Bertz CT molecular complexity index is 476. The normalized spacial score (nSPS) is 17.4. The highest BCUT2D eigenvalue weighted by Gasteiger charge is 2.40. The van der Waals surface area contributed by atoms with Gasteiger partial charge < -0.3 is 24.8 Å². The van der Waals surface area contributed by atoms with Gasteiger partial charge in [0.2, 0.25) is 5.76 Å². The van der Waals surface area contributed by atoms with E-state index in [1.54, 1.807) is 0 Å². The van der Waals surface area contributed by atoms with Crippen molar-refractivity contribution < 1.29 is 29.6 Å². The zero-order chi connectivity index (χ0) is 22.0. The van der Waals surface area contributed by atoms with Crippen molar-refractivity contribution in [3.63, 3.8) is 0 Å². The highest BCUT2D eigenvalue weighted by molar-refractivity contribution is 5.89. The molecule has 176 valence electrons. The Labute approximate surface area is 182 Å². The second kappa shape index (κ2) is 17.4. The number of carbonyl (C=O) groups is 1. The molecule has 0 aliphatic carbocycles. The number of rotatable bonds is 20. The van der Waals surface area contributed by atoms with Gasteiger partial charge in [-0.2, -0.15) is 0 Å². The van der Waals surface area contributed by atoms with Gasteiger partial charge in [0, 0.05) is 0 Å². The molecule has 1 rings (SSSR count). The maximum absolute atomic E-state index is 11.4. The number of unbranched alkanes of at least 4 members (excludes halogenated alkanes) is 15. The number of ether oxygens (including phenoxy) is 2. The van der Waals surface area contributed by atoms with E-state index in [-0.39, 0.29) is 5.76 Å². The minimum Gasteiger partial charge on any atom is -0.499 e. The molecule has 0 radical (unpaired) electrons. The van der Waals surface area contributed by atoms with Gasteiger partial charge in [0.05, 0.1) is 13.2 Å². The number of esters is 1. The topological polar surface area (TPSA) is 96.2 Å². The standard InChI is InChI=1S/C24H44O6/c1-2-3-4-5-6-7-8-9-10-11-12-13-14-15-16-17-18-29-23-21(27)24(28)30-22(23)20(26)19-25/h20,22,25-27H,2-19H2,1H3/t20-,22-/m1/s1. The summed E-state index contributed by atoms with van der Waals surface area (Å²) in [4.78, 5) is 11.4. The van der Waals surface area contributed by atoms with Crippen LogP contribution in [0.2, 0.25) is 0 Å². The zero-order valence-corrected chi connectivity index (χ0v) is 18.9. The van der Waals surface area contributed by atoms with Crippen LogP contribution in [-0.4, -0.2) is 46.7 Å². The lowest BCUT2D eigenvalue weighted by Crippen LogP contribution is -2.32. The van der Waals surface area contributed by atoms with Gasteiger partial charge in [-0.15, -0.1) is 0 Å². The number of aliphatic hydroxyl groups is 3. The molecule has 0 aromatic carbocycles. The van der Waals surface area contributed by atoms with Crippen molar-refractivity contribution >= 4 is 5.97 Å². The van der Waals surface area contributed by atoms with Gasteiger partial charge in [0.1, 0.15) is 6.10 Å². The van der Waals surface area contributed by atoms with Crippen LogP contribution in [0.4, 0.5) is 0 Å². The summed E-state index contributed by atoms with van der Waals surface area (Å²) in [5, 5.41) is 28.4. The van der Waals surface area contributed by atoms with Gasteiger partial charge in [0.25, 0.3) is 0 Å². The number of hydrogen-bond acceptors (Lipinski definition) is 6. The minimum atomic E-state index is -1.29. The van der Waals surface area contributed by atoms with Crippen molar-refractivity contribution in [1.82, 2.24) is 0 Å². The summed E-state index contributed by atoms with van der Waals surface area (Å²) in [6.07, 6.45) is 18.2. The van der Waals surface area contributed by atoms with Crippen molar-refractivity contribution in [1.29, 1.82) is 0 Å². The maximum Gasteiger partial charge on any atom is 0.378 e. The number of carbonyl (C=O) groups excluding carboxylic acids is 1. The summed E-state index contributed by atoms with van der Waals surface area (Å²) >= 11 is 0. The summed E-state index contributed by atoms with van der Waals surface area (Å²) in [5.74, 6) is -1.60. The van der Waals surface area contributed by atoms with Crippen LogP contribution >= 0.6 is 0 Å². The maximum atomic E-state index is 11.4. The summed E-state index contributed by atoms with van der Waals surface area (Å²) in [6.45, 7) is 2.04. The van der Waals surface area contributed by atoms with Crippen LogP contribution in [-0.2, 0) is 14.3 Å². The molecule has 1 heterocycles. The molecule has 0 aromatic rings. The van der Waals surface area contributed by atoms with E-state index < -0.39 is 30.5 Å². The van der Waals surface area contributed by atoms with Gasteiger partial charge in [-0.3, -0.25) is 0 Å². The fraction of sp³-hybridized carbons (Fsp3) is 0.875. The van der Waals surface area contributed by atoms with Crippen LogP contribution in [0.5, 0.6) is 0 Å². The lowest BCUT2D eigenvalue weighted by atomic mass is 10.0. The Morgan fingerprint density at radius 1 is 0.833 bits per heavy atom. The van der Waals surface area contributed by atoms with E-state index in [9.17, 15) is 15.0 Å². The molecule has 0 fully saturated rings. The summed E-state index contributed by atoms with van der Waals surface area (Å²) < 4.78 is 10.3. The van der Waals surface area contributed by atoms with Crippen LogP contribution in [0.1, 0.15) is 110 Å². The number of aliphatic hydroxyl groups excluding tert-OH is 3. The monoisotopic (exact) mass is 428 g/mol. The lowest BCUT2D eigenvalue weighted by molar-refractivity contribution is -0.148. The van der Waals surface area contributed by atoms with E-state index in [1.807, 2.05) is 0 Å². The van der Waals surface area contributed by atoms with Gasteiger partial charge in [-0.1, -0.05) is 103 Å². The molecule has 3 N–H and O–H groups in total. The fourth-order valence-corrected chi connectivity index (χ4v) is 3.79. The summed E-state index contributed by atoms with van der Waals surface area (Å²) in [6, 6.07) is 0. The average molecular weight is 429 g/mol. The van der Waals surface area contributed by atoms with Gasteiger partial charge in [-0.25, -0.2) is 4.79 Å². The Balaban J connectivity index is 1.90. The van der Waals surface area contributed by atoms with Crippen LogP contribution in [0.15, 0.2) is 11.5 Å². The van der Waals surface area contributed by atoms with Crippen LogP contribution in [0, 0.1) is 0 Å². The molecular weight excluding hydrogens is 384 g/mol. The average Bonchev–Trinajstić information content (AvgIpc) is 3.03. The highest BCUT2D eigenvalue weighted by Crippen LogP contribution is 2.25. The summed E-state index contributed by atoms with van der Waals surface area (Å²) in [5.41, 5.74) is 0. The molecule has 1 aliphatic heterocycles. The third-order valence-electron chi connectivity index (χ3n) is 5.71. The van der Waals surface area contributed by atoms with Crippen molar-refractivity contribution in [2.45, 2.75) is 122 Å². The van der Waals surface area contributed by atoms with E-state index in [0.29, 0.717) is 6.61 Å². The molecule has 0 saturated carbocycles. The first-order valence-corrected chi connectivity index (χ1v) is 12.2. The molecule has 0 saturated heterocycles. The minimum absolute atomic E-state index is 0.0671. The third-order valence-corrected chi connectivity index (χ3v) is 5.71. The Hall–Kier alpha value is -1.27. The molecule has 0 aromatic heterocycles. The SMILES string of the molecule is CCCCCCCCCCCCCCCCCCOC1=C(O)C(=O)O[C@@H]1[C@H](O)CO. The number of hydrogen-bond donors (Lipinski definition) is 3. The van der Waals surface area contributed by atoms with Gasteiger partial charge >= 0.3 is 5.97 Å². The smallest absolute Gasteiger partial charge is 0.378 e. The van der Waals surface area contributed by atoms with Crippen LogP contribution in [0.3, 0.4) is 0 Å². The predicted molar refractivity (Wildman–Crippen MR) is 118 cm³/mol. The van der Waals surface area contributed by atoms with E-state index in [4.69, 9.17) is 14.6 Å². The molecule has 0 spiro atoms. The lowest BCUT2D eigenvalue weighted by Gasteiger charge is -2.18. The molecule has 6 heteroatoms.